The lowest BCUT2D eigenvalue weighted by molar-refractivity contribution is -0.123. The van der Waals surface area contributed by atoms with Crippen LogP contribution >= 0.6 is 43.5 Å². The smallest absolute Gasteiger partial charge is 0.337 e. The summed E-state index contributed by atoms with van der Waals surface area (Å²) in [4.78, 5) is 23.2. The lowest BCUT2D eigenvalue weighted by Crippen LogP contribution is -2.24. The van der Waals surface area contributed by atoms with Gasteiger partial charge >= 0.3 is 5.97 Å². The molecule has 3 aromatic rings. The van der Waals surface area contributed by atoms with E-state index in [9.17, 15) is 9.59 Å². The molecule has 0 unspecified atom stereocenters. The second kappa shape index (κ2) is 10.3. The van der Waals surface area contributed by atoms with Crippen LogP contribution in [-0.2, 0) is 4.79 Å². The Morgan fingerprint density at radius 2 is 1.94 bits per heavy atom. The summed E-state index contributed by atoms with van der Waals surface area (Å²) in [5.41, 5.74) is 5.76. The lowest BCUT2D eigenvalue weighted by atomic mass is 10.2. The highest BCUT2D eigenvalue weighted by Crippen LogP contribution is 2.28. The molecule has 7 nitrogen and oxygen atoms in total. The third-order valence-electron chi connectivity index (χ3n) is 4.56. The van der Waals surface area contributed by atoms with E-state index < -0.39 is 11.9 Å². The van der Waals surface area contributed by atoms with Crippen LogP contribution in [0.5, 0.6) is 5.75 Å². The zero-order valence-electron chi connectivity index (χ0n) is 17.0. The van der Waals surface area contributed by atoms with Gasteiger partial charge in [-0.25, -0.2) is 10.2 Å². The molecule has 0 bridgehead atoms. The van der Waals surface area contributed by atoms with Crippen molar-refractivity contribution in [3.63, 3.8) is 0 Å². The van der Waals surface area contributed by atoms with E-state index >= 15 is 0 Å². The van der Waals surface area contributed by atoms with Gasteiger partial charge in [-0.05, 0) is 72.2 Å². The number of hydrazone groups is 1. The number of carbonyl (C=O) groups is 2. The first-order chi connectivity index (χ1) is 15.2. The fourth-order valence-corrected chi connectivity index (χ4v) is 4.49. The summed E-state index contributed by atoms with van der Waals surface area (Å²) in [6.45, 7) is 3.61. The van der Waals surface area contributed by atoms with Crippen LogP contribution in [0.2, 0.25) is 5.02 Å². The molecule has 0 radical (unpaired) electrons. The Labute approximate surface area is 206 Å². The van der Waals surface area contributed by atoms with E-state index in [0.29, 0.717) is 5.75 Å². The van der Waals surface area contributed by atoms with Crippen LogP contribution in [0.25, 0.3) is 5.69 Å². The summed E-state index contributed by atoms with van der Waals surface area (Å²) in [7, 11) is 0. The van der Waals surface area contributed by atoms with Gasteiger partial charge in [-0.1, -0.05) is 27.5 Å². The fourth-order valence-electron chi connectivity index (χ4n) is 3.07. The van der Waals surface area contributed by atoms with Crippen molar-refractivity contribution in [1.82, 2.24) is 9.99 Å². The van der Waals surface area contributed by atoms with Crippen molar-refractivity contribution >= 4 is 61.6 Å². The molecule has 0 atom stereocenters. The van der Waals surface area contributed by atoms with Crippen LogP contribution in [0.3, 0.4) is 0 Å². The molecule has 2 N–H and O–H groups in total. The van der Waals surface area contributed by atoms with Crippen molar-refractivity contribution in [1.29, 1.82) is 0 Å². The van der Waals surface area contributed by atoms with Crippen LogP contribution in [0.4, 0.5) is 0 Å². The van der Waals surface area contributed by atoms with E-state index in [1.807, 2.05) is 36.6 Å². The minimum atomic E-state index is -1.08. The predicted molar refractivity (Wildman–Crippen MR) is 130 cm³/mol. The molecule has 0 saturated carbocycles. The Morgan fingerprint density at radius 1 is 1.19 bits per heavy atom. The molecule has 1 aromatic heterocycles. The maximum absolute atomic E-state index is 12.0. The second-order valence-corrected chi connectivity index (χ2v) is 8.96. The molecular formula is C22H18Br2ClN3O4. The van der Waals surface area contributed by atoms with Gasteiger partial charge in [0.25, 0.3) is 5.91 Å². The van der Waals surface area contributed by atoms with Gasteiger partial charge < -0.3 is 14.4 Å². The topological polar surface area (TPSA) is 92.9 Å². The van der Waals surface area contributed by atoms with Crippen LogP contribution in [0, 0.1) is 13.8 Å². The average molecular weight is 584 g/mol. The van der Waals surface area contributed by atoms with E-state index in [2.05, 4.69) is 42.4 Å². The molecule has 3 rings (SSSR count). The number of ether oxygens (including phenoxy) is 1. The molecule has 0 aliphatic rings. The highest BCUT2D eigenvalue weighted by atomic mass is 79.9. The Hall–Kier alpha value is -2.62. The number of aromatic nitrogens is 1. The Kier molecular flexibility index (Phi) is 7.76. The first-order valence-corrected chi connectivity index (χ1v) is 11.3. The van der Waals surface area contributed by atoms with Crippen LogP contribution in [0.1, 0.15) is 27.3 Å². The van der Waals surface area contributed by atoms with Gasteiger partial charge in [0.05, 0.1) is 21.3 Å². The first kappa shape index (κ1) is 24.0. The van der Waals surface area contributed by atoms with Gasteiger partial charge in [-0.3, -0.25) is 4.79 Å². The van der Waals surface area contributed by atoms with Gasteiger partial charge in [0.2, 0.25) is 0 Å². The number of carboxylic acids is 1. The van der Waals surface area contributed by atoms with Gasteiger partial charge in [0.15, 0.2) is 6.61 Å². The molecule has 0 aliphatic heterocycles. The van der Waals surface area contributed by atoms with E-state index in [1.165, 1.54) is 6.07 Å². The summed E-state index contributed by atoms with van der Waals surface area (Å²) >= 11 is 12.8. The summed E-state index contributed by atoms with van der Waals surface area (Å²) in [5, 5.41) is 13.3. The quantitative estimate of drug-likeness (QED) is 0.284. The molecule has 2 aromatic carbocycles. The number of carbonyl (C=O) groups excluding carboxylic acids is 1. The predicted octanol–water partition coefficient (Wildman–Crippen LogP) is 5.50. The molecule has 0 fully saturated rings. The van der Waals surface area contributed by atoms with E-state index in [1.54, 1.807) is 24.4 Å². The molecule has 0 saturated heterocycles. The van der Waals surface area contributed by atoms with Crippen molar-refractivity contribution in [3.05, 3.63) is 78.9 Å². The normalized spacial score (nSPS) is 11.0. The summed E-state index contributed by atoms with van der Waals surface area (Å²) in [6, 6.07) is 12.0. The third-order valence-corrected chi connectivity index (χ3v) is 5.98. The highest BCUT2D eigenvalue weighted by molar-refractivity contribution is 9.11. The monoisotopic (exact) mass is 581 g/mol. The fraction of sp³-hybridized carbons (Fsp3) is 0.136. The highest BCUT2D eigenvalue weighted by Gasteiger charge is 2.14. The number of rotatable bonds is 7. The van der Waals surface area contributed by atoms with Crippen LogP contribution in [0.15, 0.2) is 56.5 Å². The van der Waals surface area contributed by atoms with Crippen LogP contribution < -0.4 is 10.2 Å². The molecule has 0 spiro atoms. The zero-order chi connectivity index (χ0) is 23.4. The number of aryl methyl sites for hydroxylation is 1. The number of hydrogen-bond acceptors (Lipinski definition) is 4. The molecule has 166 valence electrons. The Bertz CT molecular complexity index is 1220. The van der Waals surface area contributed by atoms with Crippen molar-refractivity contribution < 1.29 is 19.4 Å². The molecule has 10 heteroatoms. The minimum Gasteiger partial charge on any atom is -0.483 e. The number of amides is 1. The first-order valence-electron chi connectivity index (χ1n) is 9.29. The number of carboxylic acid groups (broad SMARTS) is 1. The second-order valence-electron chi connectivity index (χ2n) is 6.79. The van der Waals surface area contributed by atoms with Crippen molar-refractivity contribution in [3.8, 4) is 11.4 Å². The Balaban J connectivity index is 1.67. The number of aromatic carboxylic acids is 1. The zero-order valence-corrected chi connectivity index (χ0v) is 21.0. The molecule has 32 heavy (non-hydrogen) atoms. The largest absolute Gasteiger partial charge is 0.483 e. The summed E-state index contributed by atoms with van der Waals surface area (Å²) in [5.74, 6) is -0.938. The standard InChI is InChI=1S/C22H18Br2ClN3O4/c1-12-7-14(13(2)28(12)16-4-5-17(22(30)31)19(25)9-16)10-26-27-21(29)11-32-20-6-3-15(23)8-18(20)24/h3-10H,11H2,1-2H3,(H,27,29)(H,30,31)/b26-10+. The molecule has 1 heterocycles. The van der Waals surface area contributed by atoms with Crippen LogP contribution in [-0.4, -0.2) is 34.4 Å². The van der Waals surface area contributed by atoms with Gasteiger partial charge in [-0.15, -0.1) is 0 Å². The summed E-state index contributed by atoms with van der Waals surface area (Å²) < 4.78 is 9.03. The molecule has 1 amide bonds. The van der Waals surface area contributed by atoms with Crippen molar-refractivity contribution in [2.24, 2.45) is 5.10 Å². The van der Waals surface area contributed by atoms with E-state index in [-0.39, 0.29) is 17.2 Å². The van der Waals surface area contributed by atoms with Crippen molar-refractivity contribution in [2.45, 2.75) is 13.8 Å². The third kappa shape index (κ3) is 5.59. The van der Waals surface area contributed by atoms with Gasteiger partial charge in [0, 0.05) is 27.1 Å². The average Bonchev–Trinajstić information content (AvgIpc) is 3.00. The maximum atomic E-state index is 12.0. The summed E-state index contributed by atoms with van der Waals surface area (Å²) in [6.07, 6.45) is 1.54. The van der Waals surface area contributed by atoms with Crippen molar-refractivity contribution in [2.75, 3.05) is 6.61 Å². The maximum Gasteiger partial charge on any atom is 0.337 e. The molecule has 0 aliphatic carbocycles. The van der Waals surface area contributed by atoms with Gasteiger partial charge in [-0.2, -0.15) is 5.10 Å². The Morgan fingerprint density at radius 3 is 2.59 bits per heavy atom. The minimum absolute atomic E-state index is 0.0414. The number of nitrogens with zero attached hydrogens (tertiary/aromatic N) is 2. The molecular weight excluding hydrogens is 566 g/mol. The number of benzene rings is 2. The SMILES string of the molecule is Cc1cc(/C=N/NC(=O)COc2ccc(Br)cc2Br)c(C)n1-c1ccc(C(=O)O)c(Cl)c1. The van der Waals surface area contributed by atoms with Gasteiger partial charge in [0.1, 0.15) is 5.75 Å². The number of nitrogens with one attached hydrogen (secondary N) is 1. The lowest BCUT2D eigenvalue weighted by Gasteiger charge is -2.11. The van der Waals surface area contributed by atoms with E-state index in [4.69, 9.17) is 21.4 Å². The van der Waals surface area contributed by atoms with E-state index in [0.717, 1.165) is 31.6 Å². The number of halogens is 3. The number of hydrogen-bond donors (Lipinski definition) is 2.